The second-order valence-electron chi connectivity index (χ2n) is 5.78. The lowest BCUT2D eigenvalue weighted by Crippen LogP contribution is -2.28. The molecule has 1 atom stereocenters. The van der Waals surface area contributed by atoms with Crippen LogP contribution in [0.3, 0.4) is 0 Å². The molecular formula is C17H18FN5O. The van der Waals surface area contributed by atoms with Gasteiger partial charge < -0.3 is 5.73 Å². The Hall–Kier alpha value is -2.96. The van der Waals surface area contributed by atoms with E-state index in [0.29, 0.717) is 12.2 Å². The van der Waals surface area contributed by atoms with Crippen molar-refractivity contribution >= 4 is 5.69 Å². The van der Waals surface area contributed by atoms with E-state index in [4.69, 9.17) is 5.73 Å². The predicted molar refractivity (Wildman–Crippen MR) is 89.2 cm³/mol. The van der Waals surface area contributed by atoms with Crippen LogP contribution in [0.25, 0.3) is 0 Å². The maximum atomic E-state index is 13.0. The van der Waals surface area contributed by atoms with Gasteiger partial charge >= 0.3 is 5.69 Å². The highest BCUT2D eigenvalue weighted by Gasteiger charge is 2.15. The van der Waals surface area contributed by atoms with Crippen LogP contribution in [0, 0.1) is 12.7 Å². The summed E-state index contributed by atoms with van der Waals surface area (Å²) in [5, 5.41) is 7.89. The van der Waals surface area contributed by atoms with E-state index in [9.17, 15) is 9.18 Å². The molecule has 0 aliphatic rings. The molecule has 2 aromatic carbocycles. The molecule has 24 heavy (non-hydrogen) atoms. The summed E-state index contributed by atoms with van der Waals surface area (Å²) in [6.45, 7) is 4.05. The van der Waals surface area contributed by atoms with Crippen LogP contribution in [0.1, 0.15) is 29.7 Å². The molecule has 0 bridgehead atoms. The van der Waals surface area contributed by atoms with Crippen molar-refractivity contribution in [1.82, 2.24) is 19.8 Å². The molecule has 0 radical (unpaired) electrons. The molecule has 6 nitrogen and oxygen atoms in total. The predicted octanol–water partition coefficient (Wildman–Crippen LogP) is 2.13. The molecule has 0 amide bonds. The van der Waals surface area contributed by atoms with E-state index in [1.807, 2.05) is 26.0 Å². The first kappa shape index (κ1) is 15.9. The first-order valence-corrected chi connectivity index (χ1v) is 7.58. The van der Waals surface area contributed by atoms with Gasteiger partial charge in [0.15, 0.2) is 0 Å². The van der Waals surface area contributed by atoms with E-state index in [2.05, 4.69) is 10.4 Å². The van der Waals surface area contributed by atoms with Crippen molar-refractivity contribution in [2.24, 2.45) is 0 Å². The van der Waals surface area contributed by atoms with E-state index >= 15 is 0 Å². The van der Waals surface area contributed by atoms with Gasteiger partial charge in [-0.15, -0.1) is 0 Å². The van der Waals surface area contributed by atoms with Crippen LogP contribution in [0.2, 0.25) is 0 Å². The molecule has 3 aromatic rings. The molecule has 7 heteroatoms. The Morgan fingerprint density at radius 3 is 2.54 bits per heavy atom. The van der Waals surface area contributed by atoms with E-state index in [-0.39, 0.29) is 17.5 Å². The minimum atomic E-state index is -0.333. The monoisotopic (exact) mass is 327 g/mol. The Morgan fingerprint density at radius 2 is 1.88 bits per heavy atom. The van der Waals surface area contributed by atoms with Gasteiger partial charge in [0, 0.05) is 5.69 Å². The third kappa shape index (κ3) is 3.05. The minimum absolute atomic E-state index is 0.316. The summed E-state index contributed by atoms with van der Waals surface area (Å²) in [5.74, 6) is -0.319. The summed E-state index contributed by atoms with van der Waals surface area (Å²) in [6.07, 6.45) is 0. The van der Waals surface area contributed by atoms with Crippen molar-refractivity contribution in [3.63, 3.8) is 0 Å². The van der Waals surface area contributed by atoms with E-state index in [1.165, 1.54) is 21.5 Å². The Balaban J connectivity index is 1.86. The van der Waals surface area contributed by atoms with E-state index in [1.54, 1.807) is 18.2 Å². The smallest absolute Gasteiger partial charge is 0.364 e. The van der Waals surface area contributed by atoms with Crippen LogP contribution in [0.5, 0.6) is 0 Å². The van der Waals surface area contributed by atoms with Gasteiger partial charge in [-0.1, -0.05) is 24.3 Å². The summed E-state index contributed by atoms with van der Waals surface area (Å²) >= 11 is 0. The van der Waals surface area contributed by atoms with Crippen LogP contribution in [-0.4, -0.2) is 19.8 Å². The van der Waals surface area contributed by atoms with Crippen LogP contribution < -0.4 is 11.4 Å². The number of nitrogens with zero attached hydrogens (tertiary/aromatic N) is 4. The van der Waals surface area contributed by atoms with Crippen molar-refractivity contribution in [2.75, 3.05) is 5.73 Å². The molecule has 0 aliphatic heterocycles. The number of nitrogen functional groups attached to an aromatic ring is 1. The summed E-state index contributed by atoms with van der Waals surface area (Å²) < 4.78 is 15.6. The highest BCUT2D eigenvalue weighted by molar-refractivity contribution is 5.47. The number of nitrogens with two attached hydrogens (primary N) is 1. The number of hydrogen-bond acceptors (Lipinski definition) is 4. The zero-order valence-corrected chi connectivity index (χ0v) is 13.5. The van der Waals surface area contributed by atoms with Gasteiger partial charge in [0.1, 0.15) is 5.82 Å². The number of tetrazole rings is 1. The van der Waals surface area contributed by atoms with Crippen molar-refractivity contribution in [3.05, 3.63) is 75.5 Å². The van der Waals surface area contributed by atoms with Crippen molar-refractivity contribution in [2.45, 2.75) is 26.4 Å². The van der Waals surface area contributed by atoms with Crippen LogP contribution >= 0.6 is 0 Å². The summed E-state index contributed by atoms with van der Waals surface area (Å²) in [4.78, 5) is 12.5. The highest BCUT2D eigenvalue weighted by atomic mass is 19.1. The number of aromatic nitrogens is 4. The molecule has 0 saturated carbocycles. The molecule has 0 fully saturated rings. The number of anilines is 1. The van der Waals surface area contributed by atoms with E-state index in [0.717, 1.165) is 16.7 Å². The molecule has 124 valence electrons. The van der Waals surface area contributed by atoms with Gasteiger partial charge in [0.2, 0.25) is 0 Å². The molecule has 3 rings (SSSR count). The average Bonchev–Trinajstić information content (AvgIpc) is 2.92. The average molecular weight is 327 g/mol. The second-order valence-corrected chi connectivity index (χ2v) is 5.78. The first-order chi connectivity index (χ1) is 11.5. The summed E-state index contributed by atoms with van der Waals surface area (Å²) in [6, 6.07) is 11.2. The molecule has 2 N–H and O–H groups in total. The fraction of sp³-hybridized carbons (Fsp3) is 0.235. The minimum Gasteiger partial charge on any atom is -0.399 e. The van der Waals surface area contributed by atoms with Gasteiger partial charge in [-0.25, -0.2) is 9.18 Å². The Bertz CT molecular complexity index is 913. The lowest BCUT2D eigenvalue weighted by Gasteiger charge is -2.10. The number of rotatable bonds is 4. The normalized spacial score (nSPS) is 12.3. The number of halogens is 1. The zero-order valence-electron chi connectivity index (χ0n) is 13.5. The summed E-state index contributed by atoms with van der Waals surface area (Å²) in [5.41, 5.74) is 8.85. The largest absolute Gasteiger partial charge is 0.399 e. The molecule has 1 heterocycles. The topological polar surface area (TPSA) is 78.7 Å². The van der Waals surface area contributed by atoms with Crippen LogP contribution in [0.4, 0.5) is 10.1 Å². The zero-order chi connectivity index (χ0) is 17.3. The molecule has 1 aromatic heterocycles. The quantitative estimate of drug-likeness (QED) is 0.745. The van der Waals surface area contributed by atoms with Crippen molar-refractivity contribution < 1.29 is 4.39 Å². The van der Waals surface area contributed by atoms with Crippen LogP contribution in [0.15, 0.2) is 47.3 Å². The van der Waals surface area contributed by atoms with Gasteiger partial charge in [0.25, 0.3) is 0 Å². The highest BCUT2D eigenvalue weighted by Crippen LogP contribution is 2.16. The molecule has 1 unspecified atom stereocenters. The SMILES string of the molecule is Cc1cc(Cn2nnn(C(C)c3ccc(F)cc3)c2=O)ccc1N. The molecule has 0 aliphatic carbocycles. The lowest BCUT2D eigenvalue weighted by molar-refractivity contribution is 0.526. The van der Waals surface area contributed by atoms with Gasteiger partial charge in [-0.2, -0.15) is 9.36 Å². The van der Waals surface area contributed by atoms with Crippen LogP contribution in [-0.2, 0) is 6.54 Å². The van der Waals surface area contributed by atoms with Gasteiger partial charge in [0.05, 0.1) is 12.6 Å². The Morgan fingerprint density at radius 1 is 1.17 bits per heavy atom. The Kier molecular flexibility index (Phi) is 4.16. The summed E-state index contributed by atoms with van der Waals surface area (Å²) in [7, 11) is 0. The van der Waals surface area contributed by atoms with Gasteiger partial charge in [-0.3, -0.25) is 0 Å². The fourth-order valence-electron chi connectivity index (χ4n) is 2.52. The van der Waals surface area contributed by atoms with Crippen molar-refractivity contribution in [3.8, 4) is 0 Å². The maximum Gasteiger partial charge on any atom is 0.364 e. The molecular weight excluding hydrogens is 309 g/mol. The first-order valence-electron chi connectivity index (χ1n) is 7.58. The molecule has 0 spiro atoms. The second kappa shape index (κ2) is 6.27. The maximum absolute atomic E-state index is 13.0. The number of hydrogen-bond donors (Lipinski definition) is 1. The van der Waals surface area contributed by atoms with Crippen molar-refractivity contribution in [1.29, 1.82) is 0 Å². The lowest BCUT2D eigenvalue weighted by atomic mass is 10.1. The number of aryl methyl sites for hydroxylation is 1. The molecule has 0 saturated heterocycles. The fourth-order valence-corrected chi connectivity index (χ4v) is 2.52. The third-order valence-corrected chi connectivity index (χ3v) is 4.05. The van der Waals surface area contributed by atoms with E-state index < -0.39 is 0 Å². The number of benzene rings is 2. The standard InChI is InChI=1S/C17H18FN5O/c1-11-9-13(3-8-16(11)19)10-22-17(24)23(21-20-22)12(2)14-4-6-15(18)7-5-14/h3-9,12H,10,19H2,1-2H3. The third-order valence-electron chi connectivity index (χ3n) is 4.05. The van der Waals surface area contributed by atoms with Gasteiger partial charge in [-0.05, 0) is 59.2 Å². The Labute approximate surface area is 138 Å².